The Balaban J connectivity index is 1.92. The normalized spacial score (nSPS) is 11.9. The molecule has 7 heteroatoms. The summed E-state index contributed by atoms with van der Waals surface area (Å²) in [5.74, 6) is 0.417. The second-order valence-corrected chi connectivity index (χ2v) is 5.67. The Morgan fingerprint density at radius 1 is 1.37 bits per heavy atom. The minimum Gasteiger partial charge on any atom is -0.481 e. The number of para-hydroxylation sites is 1. The molecule has 0 unspecified atom stereocenters. The van der Waals surface area contributed by atoms with E-state index in [2.05, 4.69) is 15.5 Å². The monoisotopic (exact) mass is 295 g/mol. The van der Waals surface area contributed by atoms with Gasteiger partial charge >= 0.3 is 0 Å². The highest BCUT2D eigenvalue weighted by molar-refractivity contribution is 8.00. The van der Waals surface area contributed by atoms with Crippen molar-refractivity contribution in [1.82, 2.24) is 10.2 Å². The Morgan fingerprint density at radius 3 is 2.74 bits per heavy atom. The number of carbonyl (C=O) groups excluding carboxylic acids is 1. The molecule has 0 fully saturated rings. The summed E-state index contributed by atoms with van der Waals surface area (Å²) in [5.41, 5.74) is 0. The first kappa shape index (κ1) is 13.8. The molecular weight excluding hydrogens is 282 g/mol. The van der Waals surface area contributed by atoms with Gasteiger partial charge in [-0.2, -0.15) is 0 Å². The Kier molecular flexibility index (Phi) is 4.75. The van der Waals surface area contributed by atoms with Crippen LogP contribution in [0.25, 0.3) is 0 Å². The predicted octanol–water partition coefficient (Wildman–Crippen LogP) is 2.67. The highest BCUT2D eigenvalue weighted by Crippen LogP contribution is 2.23. The second-order valence-electron chi connectivity index (χ2n) is 3.64. The zero-order chi connectivity index (χ0) is 13.7. The van der Waals surface area contributed by atoms with Gasteiger partial charge in [0.05, 0.1) is 0 Å². The minimum atomic E-state index is -0.593. The van der Waals surface area contributed by atoms with Crippen LogP contribution < -0.4 is 10.1 Å². The summed E-state index contributed by atoms with van der Waals surface area (Å²) in [5, 5.41) is 11.0. The lowest BCUT2D eigenvalue weighted by Crippen LogP contribution is -2.30. The topological polar surface area (TPSA) is 64.1 Å². The lowest BCUT2D eigenvalue weighted by atomic mass is 10.3. The fraction of sp³-hybridized carbons (Fsp3) is 0.250. The van der Waals surface area contributed by atoms with Crippen LogP contribution in [0.15, 0.2) is 34.7 Å². The van der Waals surface area contributed by atoms with E-state index >= 15 is 0 Å². The van der Waals surface area contributed by atoms with Gasteiger partial charge < -0.3 is 4.74 Å². The first-order chi connectivity index (χ1) is 9.19. The Labute approximate surface area is 119 Å². The van der Waals surface area contributed by atoms with Crippen LogP contribution in [0.5, 0.6) is 5.75 Å². The SMILES string of the molecule is CSc1nnc(NC(=O)[C@H](C)Oc2ccccc2)s1. The molecule has 0 bridgehead atoms. The number of benzene rings is 1. The number of aromatic nitrogens is 2. The van der Waals surface area contributed by atoms with E-state index < -0.39 is 6.10 Å². The molecule has 0 aliphatic heterocycles. The average molecular weight is 295 g/mol. The third-order valence-electron chi connectivity index (χ3n) is 2.24. The van der Waals surface area contributed by atoms with Crippen LogP contribution in [0.1, 0.15) is 6.92 Å². The molecule has 1 atom stereocenters. The third-order valence-corrected chi connectivity index (χ3v) is 4.05. The van der Waals surface area contributed by atoms with Crippen molar-refractivity contribution in [3.8, 4) is 5.75 Å². The first-order valence-corrected chi connectivity index (χ1v) is 7.63. The molecule has 1 heterocycles. The van der Waals surface area contributed by atoms with Gasteiger partial charge in [0.15, 0.2) is 10.4 Å². The number of carbonyl (C=O) groups is 1. The number of thioether (sulfide) groups is 1. The highest BCUT2D eigenvalue weighted by atomic mass is 32.2. The van der Waals surface area contributed by atoms with E-state index in [1.54, 1.807) is 19.1 Å². The fourth-order valence-corrected chi connectivity index (χ4v) is 2.48. The second kappa shape index (κ2) is 6.53. The molecule has 1 N–H and O–H groups in total. The summed E-state index contributed by atoms with van der Waals surface area (Å²) in [7, 11) is 0. The van der Waals surface area contributed by atoms with Gasteiger partial charge in [0, 0.05) is 0 Å². The van der Waals surface area contributed by atoms with Crippen molar-refractivity contribution in [2.45, 2.75) is 17.4 Å². The number of hydrogen-bond donors (Lipinski definition) is 1. The van der Waals surface area contributed by atoms with Crippen LogP contribution in [0.4, 0.5) is 5.13 Å². The molecule has 0 radical (unpaired) electrons. The van der Waals surface area contributed by atoms with Crippen molar-refractivity contribution in [3.05, 3.63) is 30.3 Å². The zero-order valence-corrected chi connectivity index (χ0v) is 12.1. The van der Waals surface area contributed by atoms with E-state index in [4.69, 9.17) is 4.74 Å². The van der Waals surface area contributed by atoms with E-state index in [9.17, 15) is 4.79 Å². The van der Waals surface area contributed by atoms with E-state index in [1.165, 1.54) is 23.1 Å². The summed E-state index contributed by atoms with van der Waals surface area (Å²) in [4.78, 5) is 11.9. The van der Waals surface area contributed by atoms with Crippen molar-refractivity contribution in [2.75, 3.05) is 11.6 Å². The number of anilines is 1. The molecule has 5 nitrogen and oxygen atoms in total. The van der Waals surface area contributed by atoms with Crippen LogP contribution in [0.2, 0.25) is 0 Å². The van der Waals surface area contributed by atoms with E-state index in [0.29, 0.717) is 10.9 Å². The van der Waals surface area contributed by atoms with Crippen LogP contribution >= 0.6 is 23.1 Å². The van der Waals surface area contributed by atoms with E-state index in [0.717, 1.165) is 4.34 Å². The van der Waals surface area contributed by atoms with E-state index in [-0.39, 0.29) is 5.91 Å². The Hall–Kier alpha value is -1.60. The number of hydrogen-bond acceptors (Lipinski definition) is 6. The van der Waals surface area contributed by atoms with Crippen LogP contribution in [0, 0.1) is 0 Å². The highest BCUT2D eigenvalue weighted by Gasteiger charge is 2.16. The van der Waals surface area contributed by atoms with Crippen molar-refractivity contribution in [1.29, 1.82) is 0 Å². The van der Waals surface area contributed by atoms with Crippen molar-refractivity contribution in [3.63, 3.8) is 0 Å². The fourth-order valence-electron chi connectivity index (χ4n) is 1.31. The Morgan fingerprint density at radius 2 is 2.11 bits per heavy atom. The van der Waals surface area contributed by atoms with Gasteiger partial charge in [0.25, 0.3) is 5.91 Å². The van der Waals surface area contributed by atoms with Crippen LogP contribution in [-0.4, -0.2) is 28.5 Å². The summed E-state index contributed by atoms with van der Waals surface area (Å²) in [6, 6.07) is 9.22. The van der Waals surface area contributed by atoms with Gasteiger partial charge in [0.1, 0.15) is 5.75 Å². The standard InChI is InChI=1S/C12H13N3O2S2/c1-8(17-9-6-4-3-5-7-9)10(16)13-11-14-15-12(18-2)19-11/h3-8H,1-2H3,(H,13,14,16)/t8-/m0/s1. The van der Waals surface area contributed by atoms with Crippen molar-refractivity contribution < 1.29 is 9.53 Å². The molecule has 2 rings (SSSR count). The molecule has 100 valence electrons. The molecule has 0 saturated carbocycles. The minimum absolute atomic E-state index is 0.243. The quantitative estimate of drug-likeness (QED) is 0.678. The molecule has 1 amide bonds. The van der Waals surface area contributed by atoms with Gasteiger partial charge in [-0.1, -0.05) is 41.3 Å². The molecule has 19 heavy (non-hydrogen) atoms. The molecule has 0 aliphatic rings. The molecule has 2 aromatic rings. The summed E-state index contributed by atoms with van der Waals surface area (Å²) >= 11 is 2.83. The largest absolute Gasteiger partial charge is 0.481 e. The number of rotatable bonds is 5. The maximum atomic E-state index is 11.9. The smallest absolute Gasteiger partial charge is 0.266 e. The van der Waals surface area contributed by atoms with Crippen LogP contribution in [-0.2, 0) is 4.79 Å². The van der Waals surface area contributed by atoms with Gasteiger partial charge in [0.2, 0.25) is 5.13 Å². The molecular formula is C12H13N3O2S2. The van der Waals surface area contributed by atoms with Gasteiger partial charge in [-0.05, 0) is 25.3 Å². The van der Waals surface area contributed by atoms with Gasteiger partial charge in [-0.15, -0.1) is 10.2 Å². The summed E-state index contributed by atoms with van der Waals surface area (Å²) in [6.07, 6.45) is 1.32. The molecule has 0 spiro atoms. The predicted molar refractivity (Wildman–Crippen MR) is 76.9 cm³/mol. The number of nitrogens with one attached hydrogen (secondary N) is 1. The number of amides is 1. The average Bonchev–Trinajstić information content (AvgIpc) is 2.87. The molecule has 0 aliphatic carbocycles. The van der Waals surface area contributed by atoms with Gasteiger partial charge in [-0.3, -0.25) is 10.1 Å². The first-order valence-electron chi connectivity index (χ1n) is 5.59. The summed E-state index contributed by atoms with van der Waals surface area (Å²) < 4.78 is 6.33. The summed E-state index contributed by atoms with van der Waals surface area (Å²) in [6.45, 7) is 1.69. The molecule has 1 aromatic heterocycles. The van der Waals surface area contributed by atoms with Gasteiger partial charge in [-0.25, -0.2) is 0 Å². The lowest BCUT2D eigenvalue weighted by molar-refractivity contribution is -0.122. The van der Waals surface area contributed by atoms with Crippen molar-refractivity contribution in [2.24, 2.45) is 0 Å². The maximum Gasteiger partial charge on any atom is 0.266 e. The zero-order valence-electron chi connectivity index (χ0n) is 10.5. The number of nitrogens with zero attached hydrogens (tertiary/aromatic N) is 2. The lowest BCUT2D eigenvalue weighted by Gasteiger charge is -2.13. The van der Waals surface area contributed by atoms with Crippen LogP contribution in [0.3, 0.4) is 0 Å². The number of ether oxygens (including phenoxy) is 1. The molecule has 0 saturated heterocycles. The third kappa shape index (κ3) is 3.93. The Bertz CT molecular complexity index is 545. The van der Waals surface area contributed by atoms with E-state index in [1.807, 2.05) is 24.5 Å². The van der Waals surface area contributed by atoms with Crippen molar-refractivity contribution >= 4 is 34.1 Å². The maximum absolute atomic E-state index is 11.9. The molecule has 1 aromatic carbocycles.